The molecule has 0 spiro atoms. The van der Waals surface area contributed by atoms with E-state index in [0.717, 1.165) is 10.0 Å². The molecule has 0 amide bonds. The highest BCUT2D eigenvalue weighted by Gasteiger charge is 2.29. The predicted octanol–water partition coefficient (Wildman–Crippen LogP) is 2.87. The van der Waals surface area contributed by atoms with Crippen LogP contribution in [0.1, 0.15) is 13.8 Å². The summed E-state index contributed by atoms with van der Waals surface area (Å²) in [6.45, 7) is 3.41. The molecule has 6 nitrogen and oxygen atoms in total. The summed E-state index contributed by atoms with van der Waals surface area (Å²) in [7, 11) is 0. The first-order valence-electron chi connectivity index (χ1n) is 5.76. The molecular weight excluding hydrogens is 348 g/mol. The van der Waals surface area contributed by atoms with Gasteiger partial charge in [0, 0.05) is 10.0 Å². The van der Waals surface area contributed by atoms with Crippen molar-refractivity contribution >= 4 is 33.5 Å². The highest BCUT2D eigenvalue weighted by Crippen LogP contribution is 2.28. The quantitative estimate of drug-likeness (QED) is 0.908. The monoisotopic (exact) mass is 358 g/mol. The first-order chi connectivity index (χ1) is 9.31. The summed E-state index contributed by atoms with van der Waals surface area (Å²) in [5, 5.41) is 21.1. The standard InChI is InChI=1S/C12H12BrClN4O2/c1-12(2,11(19)20)6-18-10(15-16-17-18)7-3-4-8(13)9(14)5-7/h3-5H,6H2,1-2H3,(H,19,20). The summed E-state index contributed by atoms with van der Waals surface area (Å²) < 4.78 is 2.24. The minimum atomic E-state index is -0.969. The highest BCUT2D eigenvalue weighted by molar-refractivity contribution is 9.10. The number of hydrogen-bond donors (Lipinski definition) is 1. The van der Waals surface area contributed by atoms with E-state index >= 15 is 0 Å². The van der Waals surface area contributed by atoms with Crippen LogP contribution in [0.25, 0.3) is 11.4 Å². The van der Waals surface area contributed by atoms with Gasteiger partial charge < -0.3 is 5.11 Å². The molecule has 0 radical (unpaired) electrons. The molecular formula is C12H12BrClN4O2. The van der Waals surface area contributed by atoms with Gasteiger partial charge in [-0.3, -0.25) is 4.79 Å². The van der Waals surface area contributed by atoms with E-state index in [2.05, 4.69) is 31.5 Å². The zero-order valence-corrected chi connectivity index (χ0v) is 13.2. The molecule has 1 aromatic heterocycles. The van der Waals surface area contributed by atoms with E-state index in [1.54, 1.807) is 26.0 Å². The number of carboxylic acid groups (broad SMARTS) is 1. The zero-order valence-electron chi connectivity index (χ0n) is 10.8. The molecule has 1 aromatic carbocycles. The van der Waals surface area contributed by atoms with Gasteiger partial charge in [0.25, 0.3) is 0 Å². The van der Waals surface area contributed by atoms with Gasteiger partial charge in [-0.05, 0) is 58.4 Å². The van der Waals surface area contributed by atoms with E-state index in [1.165, 1.54) is 4.68 Å². The largest absolute Gasteiger partial charge is 0.481 e. The molecule has 0 aliphatic heterocycles. The van der Waals surface area contributed by atoms with Crippen molar-refractivity contribution in [3.05, 3.63) is 27.7 Å². The van der Waals surface area contributed by atoms with Crippen LogP contribution in [-0.2, 0) is 11.3 Å². The van der Waals surface area contributed by atoms with Gasteiger partial charge in [-0.25, -0.2) is 4.68 Å². The van der Waals surface area contributed by atoms with Crippen LogP contribution in [0.15, 0.2) is 22.7 Å². The second-order valence-corrected chi connectivity index (χ2v) is 6.24. The van der Waals surface area contributed by atoms with Crippen molar-refractivity contribution in [3.8, 4) is 11.4 Å². The van der Waals surface area contributed by atoms with Gasteiger partial charge in [0.1, 0.15) is 0 Å². The summed E-state index contributed by atoms with van der Waals surface area (Å²) in [5.74, 6) is -0.429. The molecule has 1 heterocycles. The van der Waals surface area contributed by atoms with E-state index < -0.39 is 11.4 Å². The third kappa shape index (κ3) is 2.99. The van der Waals surface area contributed by atoms with Crippen LogP contribution in [0, 0.1) is 5.41 Å². The fraction of sp³-hybridized carbons (Fsp3) is 0.333. The van der Waals surface area contributed by atoms with Crippen LogP contribution < -0.4 is 0 Å². The molecule has 2 aromatic rings. The van der Waals surface area contributed by atoms with Gasteiger partial charge in [-0.15, -0.1) is 5.10 Å². The minimum absolute atomic E-state index is 0.165. The van der Waals surface area contributed by atoms with E-state index in [4.69, 9.17) is 11.6 Å². The molecule has 0 fully saturated rings. The van der Waals surface area contributed by atoms with Gasteiger partial charge in [-0.1, -0.05) is 11.6 Å². The summed E-state index contributed by atoms with van der Waals surface area (Å²) in [6.07, 6.45) is 0. The van der Waals surface area contributed by atoms with Crippen LogP contribution >= 0.6 is 27.5 Å². The predicted molar refractivity (Wildman–Crippen MR) is 77.4 cm³/mol. The van der Waals surface area contributed by atoms with Gasteiger partial charge in [0.05, 0.1) is 17.0 Å². The van der Waals surface area contributed by atoms with Gasteiger partial charge in [0.2, 0.25) is 0 Å². The lowest BCUT2D eigenvalue weighted by Gasteiger charge is -2.19. The van der Waals surface area contributed by atoms with Gasteiger partial charge in [0.15, 0.2) is 5.82 Å². The van der Waals surface area contributed by atoms with Crippen LogP contribution in [0.5, 0.6) is 0 Å². The smallest absolute Gasteiger partial charge is 0.310 e. The maximum Gasteiger partial charge on any atom is 0.310 e. The molecule has 0 aliphatic rings. The summed E-state index contributed by atoms with van der Waals surface area (Å²) in [6, 6.07) is 5.33. The number of carbonyl (C=O) groups is 1. The normalized spacial score (nSPS) is 11.6. The Morgan fingerprint density at radius 1 is 1.50 bits per heavy atom. The molecule has 2 rings (SSSR count). The third-order valence-electron chi connectivity index (χ3n) is 2.83. The van der Waals surface area contributed by atoms with Crippen molar-refractivity contribution in [2.24, 2.45) is 5.41 Å². The Morgan fingerprint density at radius 2 is 2.20 bits per heavy atom. The molecule has 1 N–H and O–H groups in total. The van der Waals surface area contributed by atoms with Gasteiger partial charge >= 0.3 is 5.97 Å². The van der Waals surface area contributed by atoms with E-state index in [9.17, 15) is 9.90 Å². The number of halogens is 2. The molecule has 0 bridgehead atoms. The Labute approximate surface area is 128 Å². The van der Waals surface area contributed by atoms with Crippen molar-refractivity contribution in [1.29, 1.82) is 0 Å². The van der Waals surface area contributed by atoms with Crippen molar-refractivity contribution < 1.29 is 9.90 Å². The average molecular weight is 360 g/mol. The van der Waals surface area contributed by atoms with Crippen molar-refractivity contribution in [2.45, 2.75) is 20.4 Å². The molecule has 0 unspecified atom stereocenters. The highest BCUT2D eigenvalue weighted by atomic mass is 79.9. The second-order valence-electron chi connectivity index (χ2n) is 4.98. The van der Waals surface area contributed by atoms with Crippen LogP contribution in [0.4, 0.5) is 0 Å². The van der Waals surface area contributed by atoms with Crippen molar-refractivity contribution in [2.75, 3.05) is 0 Å². The number of carboxylic acids is 1. The molecule has 106 valence electrons. The minimum Gasteiger partial charge on any atom is -0.481 e. The number of benzene rings is 1. The third-order valence-corrected chi connectivity index (χ3v) is 4.07. The Bertz CT molecular complexity index is 657. The molecule has 0 saturated carbocycles. The molecule has 0 aliphatic carbocycles. The fourth-order valence-corrected chi connectivity index (χ4v) is 2.02. The first-order valence-corrected chi connectivity index (χ1v) is 6.93. The van der Waals surface area contributed by atoms with Gasteiger partial charge in [-0.2, -0.15) is 0 Å². The van der Waals surface area contributed by atoms with Crippen LogP contribution in [-0.4, -0.2) is 31.3 Å². The molecule has 8 heteroatoms. The van der Waals surface area contributed by atoms with Crippen molar-refractivity contribution in [3.63, 3.8) is 0 Å². The maximum absolute atomic E-state index is 11.2. The zero-order chi connectivity index (χ0) is 14.9. The number of aromatic nitrogens is 4. The van der Waals surface area contributed by atoms with Crippen LogP contribution in [0.3, 0.4) is 0 Å². The second kappa shape index (κ2) is 5.49. The summed E-state index contributed by atoms with van der Waals surface area (Å²) in [4.78, 5) is 11.2. The molecule has 0 atom stereocenters. The number of rotatable bonds is 4. The van der Waals surface area contributed by atoms with E-state index in [0.29, 0.717) is 10.8 Å². The maximum atomic E-state index is 11.2. The SMILES string of the molecule is CC(C)(Cn1nnnc1-c1ccc(Br)c(Cl)c1)C(=O)O. The molecule has 0 saturated heterocycles. The Kier molecular flexibility index (Phi) is 4.10. The summed E-state index contributed by atoms with van der Waals surface area (Å²) >= 11 is 9.36. The lowest BCUT2D eigenvalue weighted by Crippen LogP contribution is -2.30. The Morgan fingerprint density at radius 3 is 2.80 bits per heavy atom. The topological polar surface area (TPSA) is 80.9 Å². The van der Waals surface area contributed by atoms with Crippen molar-refractivity contribution in [1.82, 2.24) is 20.2 Å². The number of tetrazole rings is 1. The lowest BCUT2D eigenvalue weighted by molar-refractivity contribution is -0.147. The molecule has 20 heavy (non-hydrogen) atoms. The summed E-state index contributed by atoms with van der Waals surface area (Å²) in [5.41, 5.74) is -0.243. The Balaban J connectivity index is 2.38. The number of aliphatic carboxylic acids is 1. The van der Waals surface area contributed by atoms with E-state index in [1.807, 2.05) is 6.07 Å². The first kappa shape index (κ1) is 14.9. The fourth-order valence-electron chi connectivity index (χ4n) is 1.60. The Hall–Kier alpha value is -1.47. The number of hydrogen-bond acceptors (Lipinski definition) is 4. The average Bonchev–Trinajstić information content (AvgIpc) is 2.80. The van der Waals surface area contributed by atoms with Crippen LogP contribution in [0.2, 0.25) is 5.02 Å². The lowest BCUT2D eigenvalue weighted by atomic mass is 9.94. The van der Waals surface area contributed by atoms with E-state index in [-0.39, 0.29) is 6.54 Å². The number of nitrogens with zero attached hydrogens (tertiary/aromatic N) is 4.